The quantitative estimate of drug-likeness (QED) is 0.916. The van der Waals surface area contributed by atoms with Crippen LogP contribution in [-0.2, 0) is 6.54 Å². The molecule has 0 saturated carbocycles. The fraction of sp³-hybridized carbons (Fsp3) is 0.200. The van der Waals surface area contributed by atoms with Gasteiger partial charge in [-0.2, -0.15) is 9.36 Å². The predicted octanol–water partition coefficient (Wildman–Crippen LogP) is 2.75. The first-order chi connectivity index (χ1) is 7.70. The second-order valence-electron chi connectivity index (χ2n) is 3.13. The Labute approximate surface area is 102 Å². The Morgan fingerprint density at radius 1 is 1.50 bits per heavy atom. The zero-order valence-corrected chi connectivity index (χ0v) is 10.2. The summed E-state index contributed by atoms with van der Waals surface area (Å²) >= 11 is 7.21. The molecule has 6 heteroatoms. The fourth-order valence-electron chi connectivity index (χ4n) is 1.25. The van der Waals surface area contributed by atoms with E-state index in [4.69, 9.17) is 22.1 Å². The number of nitrogens with two attached hydrogens (primary N) is 1. The molecule has 0 saturated heterocycles. The van der Waals surface area contributed by atoms with Gasteiger partial charge >= 0.3 is 0 Å². The first-order valence-electron chi connectivity index (χ1n) is 4.66. The van der Waals surface area contributed by atoms with Crippen LogP contribution in [-0.4, -0.2) is 9.36 Å². The minimum Gasteiger partial charge on any atom is -0.429 e. The van der Waals surface area contributed by atoms with E-state index in [1.807, 2.05) is 19.1 Å². The van der Waals surface area contributed by atoms with Crippen LogP contribution in [0.5, 0.6) is 10.9 Å². The molecule has 0 aliphatic rings. The summed E-state index contributed by atoms with van der Waals surface area (Å²) in [4.78, 5) is 4.11. The molecule has 0 fully saturated rings. The normalized spacial score (nSPS) is 10.4. The Hall–Kier alpha value is -1.17. The maximum Gasteiger partial charge on any atom is 0.298 e. The molecule has 1 heterocycles. The van der Waals surface area contributed by atoms with Crippen molar-refractivity contribution in [3.8, 4) is 10.9 Å². The zero-order chi connectivity index (χ0) is 11.5. The van der Waals surface area contributed by atoms with Crippen molar-refractivity contribution < 1.29 is 4.74 Å². The fourth-order valence-corrected chi connectivity index (χ4v) is 2.04. The molecule has 4 nitrogen and oxygen atoms in total. The second kappa shape index (κ2) is 4.78. The molecule has 1 aromatic carbocycles. The molecule has 0 aliphatic heterocycles. The molecule has 0 bridgehead atoms. The summed E-state index contributed by atoms with van der Waals surface area (Å²) in [6.45, 7) is 2.14. The number of benzene rings is 1. The van der Waals surface area contributed by atoms with E-state index in [0.29, 0.717) is 28.3 Å². The van der Waals surface area contributed by atoms with Gasteiger partial charge in [-0.25, -0.2) is 0 Å². The van der Waals surface area contributed by atoms with Crippen molar-refractivity contribution in [3.63, 3.8) is 0 Å². The average molecular weight is 256 g/mol. The lowest BCUT2D eigenvalue weighted by Gasteiger charge is -2.08. The van der Waals surface area contributed by atoms with E-state index in [-0.39, 0.29) is 0 Å². The van der Waals surface area contributed by atoms with E-state index < -0.39 is 0 Å². The van der Waals surface area contributed by atoms with Crippen molar-refractivity contribution in [3.05, 3.63) is 34.6 Å². The molecule has 0 spiro atoms. The van der Waals surface area contributed by atoms with E-state index in [9.17, 15) is 0 Å². The second-order valence-corrected chi connectivity index (χ2v) is 4.25. The predicted molar refractivity (Wildman–Crippen MR) is 64.1 cm³/mol. The maximum atomic E-state index is 6.01. The summed E-state index contributed by atoms with van der Waals surface area (Å²) in [6, 6.07) is 5.40. The van der Waals surface area contributed by atoms with Gasteiger partial charge in [-0.15, -0.1) is 0 Å². The molecular formula is C10H10ClN3OS. The van der Waals surface area contributed by atoms with Gasteiger partial charge in [0.15, 0.2) is 0 Å². The summed E-state index contributed by atoms with van der Waals surface area (Å²) in [6.07, 6.45) is 0. The number of ether oxygens (including phenoxy) is 1. The van der Waals surface area contributed by atoms with Crippen molar-refractivity contribution in [2.45, 2.75) is 13.5 Å². The molecule has 16 heavy (non-hydrogen) atoms. The van der Waals surface area contributed by atoms with Crippen LogP contribution >= 0.6 is 23.1 Å². The number of aryl methyl sites for hydroxylation is 1. The van der Waals surface area contributed by atoms with E-state index in [0.717, 1.165) is 5.56 Å². The molecule has 0 unspecified atom stereocenters. The van der Waals surface area contributed by atoms with Gasteiger partial charge in [-0.05, 0) is 19.1 Å². The van der Waals surface area contributed by atoms with Gasteiger partial charge in [0.05, 0.1) is 0 Å². The van der Waals surface area contributed by atoms with E-state index in [1.54, 1.807) is 6.07 Å². The maximum absolute atomic E-state index is 6.01. The number of aromatic nitrogens is 2. The first kappa shape index (κ1) is 11.3. The largest absolute Gasteiger partial charge is 0.429 e. The van der Waals surface area contributed by atoms with Crippen LogP contribution in [0.2, 0.25) is 5.02 Å². The molecule has 1 aromatic heterocycles. The number of nitrogens with zero attached hydrogens (tertiary/aromatic N) is 2. The third-order valence-corrected chi connectivity index (χ3v) is 3.03. The summed E-state index contributed by atoms with van der Waals surface area (Å²) in [7, 11) is 0. The Kier molecular flexibility index (Phi) is 3.38. The lowest BCUT2D eigenvalue weighted by Crippen LogP contribution is -2.00. The highest BCUT2D eigenvalue weighted by Gasteiger charge is 2.09. The number of hydrogen-bond donors (Lipinski definition) is 1. The van der Waals surface area contributed by atoms with Gasteiger partial charge in [0.25, 0.3) is 5.19 Å². The van der Waals surface area contributed by atoms with Crippen LogP contribution in [0.1, 0.15) is 11.4 Å². The van der Waals surface area contributed by atoms with E-state index >= 15 is 0 Å². The van der Waals surface area contributed by atoms with E-state index in [2.05, 4.69) is 9.36 Å². The molecular weight excluding hydrogens is 246 g/mol. The zero-order valence-electron chi connectivity index (χ0n) is 8.61. The highest BCUT2D eigenvalue weighted by atomic mass is 35.5. The Morgan fingerprint density at radius 2 is 2.31 bits per heavy atom. The van der Waals surface area contributed by atoms with Gasteiger partial charge in [0.2, 0.25) is 0 Å². The van der Waals surface area contributed by atoms with Gasteiger partial charge in [0, 0.05) is 28.7 Å². The highest BCUT2D eigenvalue weighted by Crippen LogP contribution is 2.30. The summed E-state index contributed by atoms with van der Waals surface area (Å²) in [5, 5.41) is 1.09. The van der Waals surface area contributed by atoms with Crippen molar-refractivity contribution in [1.82, 2.24) is 9.36 Å². The van der Waals surface area contributed by atoms with Crippen LogP contribution in [0.25, 0.3) is 0 Å². The molecule has 2 N–H and O–H groups in total. The molecule has 0 amide bonds. The van der Waals surface area contributed by atoms with Crippen molar-refractivity contribution in [2.24, 2.45) is 5.73 Å². The molecule has 0 radical (unpaired) electrons. The molecule has 0 atom stereocenters. The first-order valence-corrected chi connectivity index (χ1v) is 5.81. The topological polar surface area (TPSA) is 61.0 Å². The lowest BCUT2D eigenvalue weighted by molar-refractivity contribution is 0.472. The third-order valence-electron chi connectivity index (χ3n) is 1.99. The molecule has 0 aliphatic carbocycles. The van der Waals surface area contributed by atoms with Gasteiger partial charge in [-0.1, -0.05) is 17.7 Å². The van der Waals surface area contributed by atoms with Gasteiger partial charge in [-0.3, -0.25) is 0 Å². The minimum atomic E-state index is 0.326. The van der Waals surface area contributed by atoms with Crippen LogP contribution in [0, 0.1) is 6.92 Å². The Bertz CT molecular complexity index is 501. The number of hydrogen-bond acceptors (Lipinski definition) is 5. The van der Waals surface area contributed by atoms with E-state index in [1.165, 1.54) is 11.5 Å². The van der Waals surface area contributed by atoms with Crippen molar-refractivity contribution in [2.75, 3.05) is 0 Å². The third kappa shape index (κ3) is 2.32. The standard InChI is InChI=1S/C10H10ClN3OS/c1-6-13-10(16-14-6)15-9-4-2-3-8(11)7(9)5-12/h2-4H,5,12H2,1H3. The van der Waals surface area contributed by atoms with Crippen LogP contribution < -0.4 is 10.5 Å². The van der Waals surface area contributed by atoms with Crippen LogP contribution in [0.15, 0.2) is 18.2 Å². The van der Waals surface area contributed by atoms with Crippen molar-refractivity contribution >= 4 is 23.1 Å². The highest BCUT2D eigenvalue weighted by molar-refractivity contribution is 7.07. The average Bonchev–Trinajstić information content (AvgIpc) is 2.64. The lowest BCUT2D eigenvalue weighted by atomic mass is 10.2. The summed E-state index contributed by atoms with van der Waals surface area (Å²) in [5.74, 6) is 1.32. The molecule has 2 aromatic rings. The van der Waals surface area contributed by atoms with Gasteiger partial charge in [0.1, 0.15) is 11.6 Å². The van der Waals surface area contributed by atoms with Crippen molar-refractivity contribution in [1.29, 1.82) is 0 Å². The summed E-state index contributed by atoms with van der Waals surface area (Å²) < 4.78 is 9.61. The number of rotatable bonds is 3. The SMILES string of the molecule is Cc1nsc(Oc2cccc(Cl)c2CN)n1. The molecule has 84 valence electrons. The van der Waals surface area contributed by atoms with Gasteiger partial charge < -0.3 is 10.5 Å². The number of halogens is 1. The Morgan fingerprint density at radius 3 is 2.94 bits per heavy atom. The van der Waals surface area contributed by atoms with Crippen LogP contribution in [0.3, 0.4) is 0 Å². The van der Waals surface area contributed by atoms with Crippen LogP contribution in [0.4, 0.5) is 0 Å². The monoisotopic (exact) mass is 255 g/mol. The minimum absolute atomic E-state index is 0.326. The Balaban J connectivity index is 2.30. The summed E-state index contributed by atoms with van der Waals surface area (Å²) in [5.41, 5.74) is 6.39. The smallest absolute Gasteiger partial charge is 0.298 e. The molecule has 2 rings (SSSR count).